The first kappa shape index (κ1) is 11.9. The van der Waals surface area contributed by atoms with Gasteiger partial charge in [0.1, 0.15) is 5.69 Å². The van der Waals surface area contributed by atoms with Crippen molar-refractivity contribution < 1.29 is 9.18 Å². The van der Waals surface area contributed by atoms with Crippen LogP contribution < -0.4 is 0 Å². The fraction of sp³-hybridized carbons (Fsp3) is 0.700. The van der Waals surface area contributed by atoms with Gasteiger partial charge in [-0.1, -0.05) is 11.6 Å². The topological polar surface area (TPSA) is 47.8 Å². The molecule has 2 rings (SSSR count). The molecule has 1 aromatic rings. The van der Waals surface area contributed by atoms with Crippen LogP contribution in [-0.2, 0) is 23.9 Å². The number of aromatic nitrogens is 3. The summed E-state index contributed by atoms with van der Waals surface area (Å²) in [6.45, 7) is 0. The predicted molar refractivity (Wildman–Crippen MR) is 65.0 cm³/mol. The number of nitrogens with zero attached hydrogens (tertiary/aromatic N) is 3. The number of halogens is 2. The van der Waals surface area contributed by atoms with Gasteiger partial charge < -0.3 is 0 Å². The fourth-order valence-corrected chi connectivity index (χ4v) is 2.73. The summed E-state index contributed by atoms with van der Waals surface area (Å²) in [5, 5.41) is 7.78. The zero-order chi connectivity index (χ0) is 11.8. The molecular formula is C10H13FIN3O. The van der Waals surface area contributed by atoms with Gasteiger partial charge in [-0.25, -0.2) is 9.07 Å². The van der Waals surface area contributed by atoms with Crippen molar-refractivity contribution in [2.45, 2.75) is 37.8 Å². The zero-order valence-corrected chi connectivity index (χ0v) is 11.2. The minimum absolute atomic E-state index is 0.239. The molecule has 1 aliphatic rings. The lowest BCUT2D eigenvalue weighted by Gasteiger charge is -2.24. The Morgan fingerprint density at radius 1 is 1.50 bits per heavy atom. The number of aryl methyl sites for hydroxylation is 2. The van der Waals surface area contributed by atoms with Crippen LogP contribution in [0.1, 0.15) is 37.1 Å². The summed E-state index contributed by atoms with van der Waals surface area (Å²) in [7, 11) is 1.64. The highest BCUT2D eigenvalue weighted by atomic mass is 127. The molecule has 0 radical (unpaired) electrons. The molecule has 88 valence electrons. The van der Waals surface area contributed by atoms with Crippen LogP contribution in [-0.4, -0.2) is 18.8 Å². The number of hydrogen-bond acceptors (Lipinski definition) is 3. The predicted octanol–water partition coefficient (Wildman–Crippen LogP) is 2.06. The first-order valence-electron chi connectivity index (χ1n) is 5.33. The summed E-state index contributed by atoms with van der Waals surface area (Å²) in [6.07, 6.45) is 3.60. The van der Waals surface area contributed by atoms with Gasteiger partial charge in [0.05, 0.1) is 5.69 Å². The van der Waals surface area contributed by atoms with Gasteiger partial charge in [0.15, 0.2) is 0 Å². The first-order chi connectivity index (χ1) is 7.55. The maximum absolute atomic E-state index is 14.8. The molecule has 0 bridgehead atoms. The van der Waals surface area contributed by atoms with Gasteiger partial charge in [-0.2, -0.15) is 0 Å². The fourth-order valence-electron chi connectivity index (χ4n) is 2.20. The molecule has 0 saturated carbocycles. The van der Waals surface area contributed by atoms with E-state index in [9.17, 15) is 9.18 Å². The van der Waals surface area contributed by atoms with Crippen molar-refractivity contribution in [2.75, 3.05) is 0 Å². The normalized spacial score (nSPS) is 25.7. The monoisotopic (exact) mass is 337 g/mol. The molecular weight excluding hydrogens is 324 g/mol. The van der Waals surface area contributed by atoms with Gasteiger partial charge in [0.25, 0.3) is 0 Å². The summed E-state index contributed by atoms with van der Waals surface area (Å²) >= 11 is 1.54. The van der Waals surface area contributed by atoms with Crippen LogP contribution in [0, 0.1) is 0 Å². The molecule has 16 heavy (non-hydrogen) atoms. The maximum atomic E-state index is 14.8. The average molecular weight is 337 g/mol. The number of alkyl halides is 1. The van der Waals surface area contributed by atoms with E-state index in [-0.39, 0.29) is 6.42 Å². The summed E-state index contributed by atoms with van der Waals surface area (Å²) in [6, 6.07) is 0. The molecule has 0 N–H and O–H groups in total. The van der Waals surface area contributed by atoms with E-state index in [0.29, 0.717) is 17.8 Å². The molecule has 4 nitrogen and oxygen atoms in total. The van der Waals surface area contributed by atoms with Crippen LogP contribution in [0.2, 0.25) is 0 Å². The van der Waals surface area contributed by atoms with Crippen LogP contribution in [0.5, 0.6) is 0 Å². The lowest BCUT2D eigenvalue weighted by atomic mass is 9.90. The number of hydrogen-bond donors (Lipinski definition) is 0. The van der Waals surface area contributed by atoms with E-state index in [4.69, 9.17) is 0 Å². The summed E-state index contributed by atoms with van der Waals surface area (Å²) < 4.78 is 15.7. The third kappa shape index (κ3) is 1.87. The molecule has 1 unspecified atom stereocenters. The number of fused-ring (bicyclic) bond motifs is 1. The smallest absolute Gasteiger partial charge is 0.235 e. The first-order valence-corrected chi connectivity index (χ1v) is 6.41. The van der Waals surface area contributed by atoms with Crippen LogP contribution in [0.15, 0.2) is 0 Å². The van der Waals surface area contributed by atoms with Crippen LogP contribution in [0.3, 0.4) is 0 Å². The lowest BCUT2D eigenvalue weighted by Crippen LogP contribution is -2.32. The van der Waals surface area contributed by atoms with Gasteiger partial charge in [-0.15, -0.1) is 5.10 Å². The Morgan fingerprint density at radius 2 is 2.25 bits per heavy atom. The Hall–Kier alpha value is -0.530. The molecule has 0 aliphatic heterocycles. The van der Waals surface area contributed by atoms with E-state index in [1.54, 1.807) is 7.05 Å². The Bertz CT molecular complexity index is 420. The third-order valence-electron chi connectivity index (χ3n) is 3.02. The van der Waals surface area contributed by atoms with Crippen LogP contribution >= 0.6 is 22.6 Å². The average Bonchev–Trinajstić information content (AvgIpc) is 2.55. The SMILES string of the molecule is Cn1nnc2c1C(F)(C(=O)I)CCCCC2. The van der Waals surface area contributed by atoms with Crippen LogP contribution in [0.4, 0.5) is 4.39 Å². The number of carbonyl (C=O) groups is 1. The quantitative estimate of drug-likeness (QED) is 0.582. The van der Waals surface area contributed by atoms with Gasteiger partial charge in [0.2, 0.25) is 9.46 Å². The Morgan fingerprint density at radius 3 is 2.94 bits per heavy atom. The van der Waals surface area contributed by atoms with Crippen molar-refractivity contribution in [2.24, 2.45) is 7.05 Å². The highest BCUT2D eigenvalue weighted by molar-refractivity contribution is 14.1. The molecule has 1 aliphatic carbocycles. The second-order valence-corrected chi connectivity index (χ2v) is 5.12. The molecule has 0 spiro atoms. The van der Waals surface area contributed by atoms with E-state index in [0.717, 1.165) is 19.3 Å². The Kier molecular flexibility index (Phi) is 3.27. The molecule has 1 atom stereocenters. The van der Waals surface area contributed by atoms with Gasteiger partial charge in [-0.05, 0) is 25.7 Å². The standard InChI is InChI=1S/C10H13FIN3O/c1-15-8-7(13-14-15)5-3-2-4-6-10(8,11)9(12)16/h2-6H2,1H3. The van der Waals surface area contributed by atoms with Crippen molar-refractivity contribution in [1.82, 2.24) is 15.0 Å². The zero-order valence-electron chi connectivity index (χ0n) is 9.04. The van der Waals surface area contributed by atoms with Crippen molar-refractivity contribution in [3.8, 4) is 0 Å². The third-order valence-corrected chi connectivity index (χ3v) is 3.87. The maximum Gasteiger partial charge on any atom is 0.235 e. The van der Waals surface area contributed by atoms with Gasteiger partial charge in [0, 0.05) is 29.6 Å². The Labute approximate surface area is 107 Å². The molecule has 6 heteroatoms. The van der Waals surface area contributed by atoms with E-state index in [1.165, 1.54) is 27.3 Å². The summed E-state index contributed by atoms with van der Waals surface area (Å²) in [5.74, 6) is 0. The lowest BCUT2D eigenvalue weighted by molar-refractivity contribution is -0.121. The molecule has 0 aromatic carbocycles. The second kappa shape index (κ2) is 4.38. The minimum atomic E-state index is -1.91. The Balaban J connectivity index is 2.54. The van der Waals surface area contributed by atoms with Crippen molar-refractivity contribution in [3.05, 3.63) is 11.4 Å². The second-order valence-electron chi connectivity index (χ2n) is 4.14. The largest absolute Gasteiger partial charge is 0.284 e. The summed E-state index contributed by atoms with van der Waals surface area (Å²) in [5.41, 5.74) is -0.921. The van der Waals surface area contributed by atoms with E-state index < -0.39 is 9.46 Å². The van der Waals surface area contributed by atoms with Crippen molar-refractivity contribution >= 4 is 26.4 Å². The van der Waals surface area contributed by atoms with Crippen molar-refractivity contribution in [1.29, 1.82) is 0 Å². The van der Waals surface area contributed by atoms with Gasteiger partial charge >= 0.3 is 0 Å². The van der Waals surface area contributed by atoms with Crippen LogP contribution in [0.25, 0.3) is 0 Å². The number of rotatable bonds is 1. The van der Waals surface area contributed by atoms with E-state index in [1.807, 2.05) is 0 Å². The van der Waals surface area contributed by atoms with Gasteiger partial charge in [-0.3, -0.25) is 4.79 Å². The van der Waals surface area contributed by atoms with Crippen molar-refractivity contribution in [3.63, 3.8) is 0 Å². The molecule has 0 amide bonds. The molecule has 0 saturated heterocycles. The van der Waals surface area contributed by atoms with E-state index in [2.05, 4.69) is 10.3 Å². The van der Waals surface area contributed by atoms with E-state index >= 15 is 0 Å². The molecule has 1 heterocycles. The highest BCUT2D eigenvalue weighted by Crippen LogP contribution is 2.38. The molecule has 1 aromatic heterocycles. The highest BCUT2D eigenvalue weighted by Gasteiger charge is 2.44. The summed E-state index contributed by atoms with van der Waals surface area (Å²) in [4.78, 5) is 11.5. The minimum Gasteiger partial charge on any atom is -0.284 e. The molecule has 0 fully saturated rings. The number of carbonyl (C=O) groups excluding carboxylic acids is 1.